The van der Waals surface area contributed by atoms with E-state index < -0.39 is 81.2 Å². The maximum absolute atomic E-state index is 14.3. The summed E-state index contributed by atoms with van der Waals surface area (Å²) in [5.74, 6) is -7.02. The lowest BCUT2D eigenvalue weighted by atomic mass is 10.0. The molecule has 19 nitrogen and oxygen atoms in total. The second kappa shape index (κ2) is 25.9. The van der Waals surface area contributed by atoms with Crippen LogP contribution in [-0.2, 0) is 47.8 Å². The van der Waals surface area contributed by atoms with Gasteiger partial charge in [0.2, 0.25) is 23.6 Å². The van der Waals surface area contributed by atoms with E-state index in [2.05, 4.69) is 42.5 Å². The van der Waals surface area contributed by atoms with Crippen molar-refractivity contribution in [3.05, 3.63) is 166 Å². The Labute approximate surface area is 448 Å². The third-order valence-electron chi connectivity index (χ3n) is 10.9. The zero-order chi connectivity index (χ0) is 57.4. The molecule has 0 aliphatic rings. The van der Waals surface area contributed by atoms with Crippen LogP contribution >= 0.6 is 0 Å². The molecular weight excluding hydrogens is 985 g/mol. The molecule has 0 heterocycles. The number of esters is 1. The Morgan fingerprint density at radius 1 is 0.351 bits per heavy atom. The van der Waals surface area contributed by atoms with Crippen molar-refractivity contribution in [3.63, 3.8) is 0 Å². The fourth-order valence-corrected chi connectivity index (χ4v) is 6.55. The van der Waals surface area contributed by atoms with Crippen molar-refractivity contribution in [2.75, 3.05) is 7.11 Å². The molecule has 0 radical (unpaired) electrons. The van der Waals surface area contributed by atoms with Gasteiger partial charge in [-0.3, -0.25) is 33.6 Å². The van der Waals surface area contributed by atoms with Gasteiger partial charge in [0.15, 0.2) is 0 Å². The predicted octanol–water partition coefficient (Wildman–Crippen LogP) is 5.78. The largest absolute Gasteiger partial charge is 0.464 e. The van der Waals surface area contributed by atoms with E-state index in [0.29, 0.717) is 22.3 Å². The highest BCUT2D eigenvalue weighted by atomic mass is 16.6. The van der Waals surface area contributed by atoms with Crippen LogP contribution in [0.4, 0.5) is 4.79 Å². The third-order valence-corrected chi connectivity index (χ3v) is 10.9. The highest BCUT2D eigenvalue weighted by Crippen LogP contribution is 2.17. The summed E-state index contributed by atoms with van der Waals surface area (Å²) in [6, 6.07) is 34.1. The van der Waals surface area contributed by atoms with E-state index in [1.54, 1.807) is 142 Å². The van der Waals surface area contributed by atoms with Crippen molar-refractivity contribution in [3.8, 4) is 0 Å². The van der Waals surface area contributed by atoms with Crippen LogP contribution in [-0.4, -0.2) is 88.3 Å². The van der Waals surface area contributed by atoms with Gasteiger partial charge in [0, 0.05) is 0 Å². The molecule has 0 spiro atoms. The third kappa shape index (κ3) is 18.9. The SMILES string of the molecule is COC(=O)/C(=C/c1ccccc1)NC(=O)C(C)(C)NC(=O)/C(=C/c1ccccc1)NC(=O)C(C)(C)NC(=O)/C(=C/c1ccccc1)NC(=O)C(C)(C)NC(=O)/C(=C/c1ccccc1)NC(=O)C(C)(C)NC(=O)OC(C)(C)C. The Kier molecular flexibility index (Phi) is 20.3. The Balaban J connectivity index is 1.59. The molecule has 0 aromatic heterocycles. The lowest BCUT2D eigenvalue weighted by Gasteiger charge is -2.30. The number of hydrogen-bond donors (Lipinski definition) is 8. The molecule has 19 heteroatoms. The smallest absolute Gasteiger partial charge is 0.408 e. The Morgan fingerprint density at radius 3 is 0.831 bits per heavy atom. The molecule has 77 heavy (non-hydrogen) atoms. The minimum absolute atomic E-state index is 0.204. The van der Waals surface area contributed by atoms with Gasteiger partial charge in [-0.15, -0.1) is 0 Å². The van der Waals surface area contributed by atoms with Gasteiger partial charge in [-0.05, 0) is 123 Å². The van der Waals surface area contributed by atoms with Crippen LogP contribution < -0.4 is 42.5 Å². The number of carbonyl (C=O) groups is 9. The van der Waals surface area contributed by atoms with Crippen molar-refractivity contribution >= 4 is 77.7 Å². The maximum atomic E-state index is 14.3. The van der Waals surface area contributed by atoms with Gasteiger partial charge in [0.25, 0.3) is 17.7 Å². The van der Waals surface area contributed by atoms with Crippen LogP contribution in [0.5, 0.6) is 0 Å². The molecule has 0 unspecified atom stereocenters. The minimum atomic E-state index is -1.83. The van der Waals surface area contributed by atoms with Crippen molar-refractivity contribution in [2.45, 2.75) is 104 Å². The molecule has 0 fully saturated rings. The number of amides is 8. The zero-order valence-electron chi connectivity index (χ0n) is 45.3. The van der Waals surface area contributed by atoms with Crippen LogP contribution in [0.2, 0.25) is 0 Å². The number of methoxy groups -OCH3 is 1. The first kappa shape index (κ1) is 60.4. The first-order chi connectivity index (χ1) is 35.9. The fourth-order valence-electron chi connectivity index (χ4n) is 6.55. The summed E-state index contributed by atoms with van der Waals surface area (Å²) in [5, 5.41) is 20.6. The molecule has 0 atom stereocenters. The molecule has 4 aromatic carbocycles. The van der Waals surface area contributed by atoms with Crippen LogP contribution in [0.25, 0.3) is 24.3 Å². The van der Waals surface area contributed by atoms with Gasteiger partial charge in [-0.1, -0.05) is 121 Å². The van der Waals surface area contributed by atoms with Gasteiger partial charge in [0.05, 0.1) is 7.11 Å². The van der Waals surface area contributed by atoms with E-state index in [4.69, 9.17) is 9.47 Å². The Morgan fingerprint density at radius 2 is 0.584 bits per heavy atom. The van der Waals surface area contributed by atoms with Crippen molar-refractivity contribution < 1.29 is 52.6 Å². The second-order valence-electron chi connectivity index (χ2n) is 20.7. The Hall–Kier alpha value is -9.13. The Bertz CT molecular complexity index is 2960. The van der Waals surface area contributed by atoms with Crippen LogP contribution in [0, 0.1) is 0 Å². The summed E-state index contributed by atoms with van der Waals surface area (Å²) >= 11 is 0. The normalized spacial score (nSPS) is 12.7. The fraction of sp³-hybridized carbons (Fsp3) is 0.293. The van der Waals surface area contributed by atoms with Gasteiger partial charge in [-0.25, -0.2) is 9.59 Å². The van der Waals surface area contributed by atoms with E-state index in [9.17, 15) is 43.2 Å². The lowest BCUT2D eigenvalue weighted by molar-refractivity contribution is -0.138. The molecule has 4 rings (SSSR count). The maximum Gasteiger partial charge on any atom is 0.408 e. The number of alkyl carbamates (subject to hydrolysis) is 1. The summed E-state index contributed by atoms with van der Waals surface area (Å²) < 4.78 is 10.2. The topological polar surface area (TPSA) is 268 Å². The average Bonchev–Trinajstić information content (AvgIpc) is 3.35. The van der Waals surface area contributed by atoms with Gasteiger partial charge >= 0.3 is 12.1 Å². The van der Waals surface area contributed by atoms with Crippen molar-refractivity contribution in [1.29, 1.82) is 0 Å². The first-order valence-electron chi connectivity index (χ1n) is 24.3. The van der Waals surface area contributed by atoms with E-state index in [1.807, 2.05) is 0 Å². The quantitative estimate of drug-likeness (QED) is 0.0389. The number of nitrogens with one attached hydrogen (secondary N) is 8. The molecule has 0 aliphatic heterocycles. The number of carbonyl (C=O) groups excluding carboxylic acids is 9. The van der Waals surface area contributed by atoms with Gasteiger partial charge in [0.1, 0.15) is 50.5 Å². The number of ether oxygens (including phenoxy) is 2. The first-order valence-corrected chi connectivity index (χ1v) is 24.3. The molecule has 0 aliphatic carbocycles. The van der Waals surface area contributed by atoms with Crippen molar-refractivity contribution in [2.24, 2.45) is 0 Å². The lowest BCUT2D eigenvalue weighted by Crippen LogP contribution is -2.60. The number of rotatable bonds is 20. The predicted molar refractivity (Wildman–Crippen MR) is 292 cm³/mol. The molecule has 4 aromatic rings. The van der Waals surface area contributed by atoms with Crippen LogP contribution in [0.15, 0.2) is 144 Å². The molecular formula is C58H68N8O11. The van der Waals surface area contributed by atoms with Crippen molar-refractivity contribution in [1.82, 2.24) is 42.5 Å². The number of benzene rings is 4. The molecule has 0 saturated heterocycles. The van der Waals surface area contributed by atoms with Crippen LogP contribution in [0.1, 0.15) is 98.4 Å². The van der Waals surface area contributed by atoms with E-state index in [0.717, 1.165) is 7.11 Å². The summed E-state index contributed by atoms with van der Waals surface area (Å²) in [5.41, 5.74) is -6.95. The number of hydrogen-bond acceptors (Lipinski definition) is 11. The second-order valence-corrected chi connectivity index (χ2v) is 20.7. The van der Waals surface area contributed by atoms with Gasteiger partial charge < -0.3 is 52.0 Å². The minimum Gasteiger partial charge on any atom is -0.464 e. The monoisotopic (exact) mass is 1050 g/mol. The van der Waals surface area contributed by atoms with Gasteiger partial charge in [-0.2, -0.15) is 0 Å². The summed E-state index contributed by atoms with van der Waals surface area (Å²) in [7, 11) is 1.15. The highest BCUT2D eigenvalue weighted by Gasteiger charge is 2.38. The zero-order valence-corrected chi connectivity index (χ0v) is 45.3. The average molecular weight is 1050 g/mol. The molecule has 8 amide bonds. The summed E-state index contributed by atoms with van der Waals surface area (Å²) in [6.07, 6.45) is 4.62. The summed E-state index contributed by atoms with van der Waals surface area (Å²) in [4.78, 5) is 124. The molecule has 8 N–H and O–H groups in total. The standard InChI is InChI=1S/C58H68N8O11/c1-54(2,3)77-53(75)66-58(10,11)52(74)61-43(35-39-29-21-15-22-30-39)47(69)64-56(6,7)50(72)59-41(33-37-25-17-13-18-26-37)45(67)63-55(4,5)49(71)60-42(34-38-27-19-14-20-28-38)46(68)65-57(8,9)51(73)62-44(48(70)76-12)36-40-31-23-16-24-32-40/h13-36H,1-12H3,(H,59,72)(H,60,71)(H,61,74)(H,62,73)(H,63,67)(H,64,69)(H,65,68)(H,66,75)/b41-33-,42-34-,43-35-,44-36-. The molecule has 0 saturated carbocycles. The van der Waals surface area contributed by atoms with Crippen LogP contribution in [0.3, 0.4) is 0 Å². The summed E-state index contributed by atoms with van der Waals surface area (Å²) in [6.45, 7) is 16.0. The highest BCUT2D eigenvalue weighted by molar-refractivity contribution is 6.10. The van der Waals surface area contributed by atoms with E-state index in [1.165, 1.54) is 79.7 Å². The van der Waals surface area contributed by atoms with E-state index in [-0.39, 0.29) is 22.8 Å². The molecule has 0 bridgehead atoms. The molecule has 406 valence electrons. The van der Waals surface area contributed by atoms with E-state index >= 15 is 0 Å².